The van der Waals surface area contributed by atoms with Crippen molar-refractivity contribution in [1.82, 2.24) is 9.62 Å². The summed E-state index contributed by atoms with van der Waals surface area (Å²) in [7, 11) is -3.49. The Morgan fingerprint density at radius 2 is 1.77 bits per heavy atom. The number of thiophene rings is 1. The van der Waals surface area contributed by atoms with Gasteiger partial charge in [-0.05, 0) is 49.1 Å². The average molecular weight is 450 g/mol. The molecule has 1 aromatic heterocycles. The molecule has 1 saturated carbocycles. The fourth-order valence-corrected chi connectivity index (χ4v) is 5.54. The lowest BCUT2D eigenvalue weighted by atomic mass is 10.2. The number of aryl methyl sites for hydroxylation is 1. The first-order valence-corrected chi connectivity index (χ1v) is 12.3. The molecular formula is C21H27N3O4S2. The maximum atomic E-state index is 12.6. The lowest BCUT2D eigenvalue weighted by molar-refractivity contribution is -0.117. The highest BCUT2D eigenvalue weighted by molar-refractivity contribution is 7.89. The fraction of sp³-hybridized carbons (Fsp3) is 0.429. The summed E-state index contributed by atoms with van der Waals surface area (Å²) in [6.45, 7) is 6.57. The predicted molar refractivity (Wildman–Crippen MR) is 118 cm³/mol. The maximum absolute atomic E-state index is 12.6. The molecule has 0 saturated heterocycles. The summed E-state index contributed by atoms with van der Waals surface area (Å²) < 4.78 is 26.5. The van der Waals surface area contributed by atoms with Crippen LogP contribution in [-0.2, 0) is 21.4 Å². The number of amides is 2. The summed E-state index contributed by atoms with van der Waals surface area (Å²) in [4.78, 5) is 25.3. The number of benzene rings is 1. The molecule has 0 atom stereocenters. The van der Waals surface area contributed by atoms with Crippen molar-refractivity contribution >= 4 is 38.2 Å². The van der Waals surface area contributed by atoms with Gasteiger partial charge in [0.25, 0.3) is 5.91 Å². The Hall–Kier alpha value is -2.23. The summed E-state index contributed by atoms with van der Waals surface area (Å²) in [5.41, 5.74) is 1.61. The van der Waals surface area contributed by atoms with E-state index in [-0.39, 0.29) is 29.2 Å². The van der Waals surface area contributed by atoms with Gasteiger partial charge in [0.2, 0.25) is 15.9 Å². The zero-order valence-corrected chi connectivity index (χ0v) is 19.0. The molecule has 0 aliphatic heterocycles. The van der Waals surface area contributed by atoms with Crippen molar-refractivity contribution in [1.29, 1.82) is 0 Å². The normalized spacial score (nSPS) is 14.0. The van der Waals surface area contributed by atoms with Gasteiger partial charge in [-0.2, -0.15) is 4.31 Å². The van der Waals surface area contributed by atoms with Crippen molar-refractivity contribution in [2.45, 2.75) is 45.1 Å². The van der Waals surface area contributed by atoms with Crippen molar-refractivity contribution < 1.29 is 18.0 Å². The molecule has 162 valence electrons. The molecule has 2 amide bonds. The van der Waals surface area contributed by atoms with Crippen LogP contribution in [0.1, 0.15) is 47.5 Å². The first kappa shape index (κ1) is 22.5. The van der Waals surface area contributed by atoms with Crippen molar-refractivity contribution in [2.75, 3.05) is 18.4 Å². The van der Waals surface area contributed by atoms with Gasteiger partial charge >= 0.3 is 0 Å². The molecule has 3 rings (SSSR count). The minimum Gasteiger partial charge on any atom is -0.347 e. The summed E-state index contributed by atoms with van der Waals surface area (Å²) in [5.74, 6) is -0.0922. The number of hydrogen-bond acceptors (Lipinski definition) is 5. The van der Waals surface area contributed by atoms with Crippen LogP contribution in [0.5, 0.6) is 0 Å². The van der Waals surface area contributed by atoms with Crippen LogP contribution in [0.25, 0.3) is 0 Å². The second-order valence-corrected chi connectivity index (χ2v) is 10.3. The zero-order valence-electron chi connectivity index (χ0n) is 17.4. The van der Waals surface area contributed by atoms with Gasteiger partial charge in [-0.25, -0.2) is 8.42 Å². The lowest BCUT2D eigenvalue weighted by Crippen LogP contribution is -2.30. The highest BCUT2D eigenvalue weighted by Crippen LogP contribution is 2.32. The van der Waals surface area contributed by atoms with Gasteiger partial charge in [-0.3, -0.25) is 9.59 Å². The van der Waals surface area contributed by atoms with Crippen molar-refractivity contribution in [3.05, 3.63) is 46.3 Å². The van der Waals surface area contributed by atoms with Crippen LogP contribution in [0.15, 0.2) is 35.2 Å². The summed E-state index contributed by atoms with van der Waals surface area (Å²) in [5, 5.41) is 6.41. The first-order chi connectivity index (χ1) is 14.3. The van der Waals surface area contributed by atoms with E-state index in [9.17, 15) is 18.0 Å². The SMILES string of the molecule is CCN(CC)S(=O)(=O)c1ccc(CNC(=O)c2sc(NC(=O)C3CC3)cc2C)cc1. The molecule has 2 N–H and O–H groups in total. The Morgan fingerprint density at radius 1 is 1.13 bits per heavy atom. The van der Waals surface area contributed by atoms with E-state index >= 15 is 0 Å². The molecular weight excluding hydrogens is 422 g/mol. The van der Waals surface area contributed by atoms with E-state index in [1.54, 1.807) is 38.1 Å². The predicted octanol–water partition coefficient (Wildman–Crippen LogP) is 3.37. The molecule has 7 nitrogen and oxygen atoms in total. The summed E-state index contributed by atoms with van der Waals surface area (Å²) in [6, 6.07) is 8.36. The fourth-order valence-electron chi connectivity index (χ4n) is 3.09. The van der Waals surface area contributed by atoms with Crippen LogP contribution in [0.2, 0.25) is 0 Å². The first-order valence-electron chi connectivity index (χ1n) is 10.0. The number of carbonyl (C=O) groups excluding carboxylic acids is 2. The molecule has 0 bridgehead atoms. The van der Waals surface area contributed by atoms with E-state index in [1.165, 1.54) is 15.6 Å². The Balaban J connectivity index is 1.61. The van der Waals surface area contributed by atoms with Gasteiger partial charge in [0.1, 0.15) is 0 Å². The molecule has 30 heavy (non-hydrogen) atoms. The van der Waals surface area contributed by atoms with Crippen LogP contribution < -0.4 is 10.6 Å². The second-order valence-electron chi connectivity index (χ2n) is 7.30. The van der Waals surface area contributed by atoms with Gasteiger partial charge < -0.3 is 10.6 Å². The van der Waals surface area contributed by atoms with Crippen LogP contribution in [-0.4, -0.2) is 37.6 Å². The van der Waals surface area contributed by atoms with Gasteiger partial charge in [0, 0.05) is 25.6 Å². The van der Waals surface area contributed by atoms with E-state index in [0.29, 0.717) is 23.0 Å². The Kier molecular flexibility index (Phi) is 6.95. The number of nitrogens with zero attached hydrogens (tertiary/aromatic N) is 1. The third kappa shape index (κ3) is 5.08. The number of nitrogens with one attached hydrogen (secondary N) is 2. The van der Waals surface area contributed by atoms with Crippen LogP contribution in [0, 0.1) is 12.8 Å². The van der Waals surface area contributed by atoms with Crippen molar-refractivity contribution in [2.24, 2.45) is 5.92 Å². The van der Waals surface area contributed by atoms with Crippen molar-refractivity contribution in [3.8, 4) is 0 Å². The molecule has 1 aliphatic carbocycles. The second kappa shape index (κ2) is 9.28. The van der Waals surface area contributed by atoms with Crippen LogP contribution in [0.3, 0.4) is 0 Å². The van der Waals surface area contributed by atoms with Gasteiger partial charge in [0.05, 0.1) is 14.8 Å². The molecule has 0 unspecified atom stereocenters. The maximum Gasteiger partial charge on any atom is 0.261 e. The van der Waals surface area contributed by atoms with Gasteiger partial charge in [-0.15, -0.1) is 11.3 Å². The molecule has 1 heterocycles. The molecule has 1 fully saturated rings. The smallest absolute Gasteiger partial charge is 0.261 e. The largest absolute Gasteiger partial charge is 0.347 e. The van der Waals surface area contributed by atoms with E-state index in [4.69, 9.17) is 0 Å². The average Bonchev–Trinajstić information content (AvgIpc) is 3.51. The number of carbonyl (C=O) groups is 2. The molecule has 0 radical (unpaired) electrons. The Morgan fingerprint density at radius 3 is 2.33 bits per heavy atom. The molecule has 0 spiro atoms. The van der Waals surface area contributed by atoms with E-state index in [0.717, 1.165) is 24.0 Å². The molecule has 2 aromatic rings. The van der Waals surface area contributed by atoms with Crippen LogP contribution >= 0.6 is 11.3 Å². The van der Waals surface area contributed by atoms with Gasteiger partial charge in [-0.1, -0.05) is 26.0 Å². The monoisotopic (exact) mass is 449 g/mol. The molecule has 1 aliphatic rings. The lowest BCUT2D eigenvalue weighted by Gasteiger charge is -2.18. The van der Waals surface area contributed by atoms with Crippen molar-refractivity contribution in [3.63, 3.8) is 0 Å². The Bertz CT molecular complexity index is 1020. The van der Waals surface area contributed by atoms with Crippen LogP contribution in [0.4, 0.5) is 5.00 Å². The summed E-state index contributed by atoms with van der Waals surface area (Å²) in [6.07, 6.45) is 1.86. The third-order valence-corrected chi connectivity index (χ3v) is 8.25. The molecule has 1 aromatic carbocycles. The van der Waals surface area contributed by atoms with Gasteiger partial charge in [0.15, 0.2) is 0 Å². The number of sulfonamides is 1. The minimum absolute atomic E-state index is 0.0166. The zero-order chi connectivity index (χ0) is 21.9. The van der Waals surface area contributed by atoms with E-state index in [1.807, 2.05) is 13.0 Å². The quantitative estimate of drug-likeness (QED) is 0.614. The highest BCUT2D eigenvalue weighted by atomic mass is 32.2. The third-order valence-electron chi connectivity index (χ3n) is 5.04. The number of rotatable bonds is 9. The standard InChI is InChI=1S/C21H27N3O4S2/c1-4-24(5-2)30(27,28)17-10-6-15(7-11-17)13-22-21(26)19-14(3)12-18(29-19)23-20(25)16-8-9-16/h6-7,10-12,16H,4-5,8-9,13H2,1-3H3,(H,22,26)(H,23,25). The molecule has 9 heteroatoms. The number of hydrogen-bond donors (Lipinski definition) is 2. The summed E-state index contributed by atoms with van der Waals surface area (Å²) >= 11 is 1.26. The topological polar surface area (TPSA) is 95.6 Å². The number of anilines is 1. The minimum atomic E-state index is -3.49. The highest BCUT2D eigenvalue weighted by Gasteiger charge is 2.30. The van der Waals surface area contributed by atoms with E-state index < -0.39 is 10.0 Å². The van der Waals surface area contributed by atoms with E-state index in [2.05, 4.69) is 10.6 Å². The Labute approximate surface area is 181 Å².